The molecule has 0 saturated carbocycles. The number of carbonyl (C=O) groups excluding carboxylic acids is 3. The van der Waals surface area contributed by atoms with Crippen LogP contribution in [0.15, 0.2) is 0 Å². The zero-order valence-corrected chi connectivity index (χ0v) is 13.5. The summed E-state index contributed by atoms with van der Waals surface area (Å²) in [5.41, 5.74) is 5.43. The van der Waals surface area contributed by atoms with Crippen LogP contribution >= 0.6 is 0 Å². The van der Waals surface area contributed by atoms with Crippen LogP contribution in [0.5, 0.6) is 0 Å². The number of hydrogen-bond donors (Lipinski definition) is 5. The first-order valence-electron chi connectivity index (χ1n) is 7.52. The maximum Gasteiger partial charge on any atom is 0.325 e. The molecule has 9 nitrogen and oxygen atoms in total. The average molecular weight is 328 g/mol. The van der Waals surface area contributed by atoms with E-state index in [0.29, 0.717) is 12.8 Å². The molecule has 1 unspecified atom stereocenters. The van der Waals surface area contributed by atoms with Crippen molar-refractivity contribution in [2.24, 2.45) is 5.73 Å². The molecule has 1 aliphatic rings. The summed E-state index contributed by atoms with van der Waals surface area (Å²) in [7, 11) is 0. The normalized spacial score (nSPS) is 24.3. The van der Waals surface area contributed by atoms with Gasteiger partial charge >= 0.3 is 5.97 Å². The zero-order valence-electron chi connectivity index (χ0n) is 13.5. The maximum atomic E-state index is 12.3. The molecule has 0 aromatic heterocycles. The van der Waals surface area contributed by atoms with E-state index in [0.717, 1.165) is 0 Å². The van der Waals surface area contributed by atoms with Crippen molar-refractivity contribution in [2.75, 3.05) is 0 Å². The number of nitrogens with one attached hydrogen (secondary N) is 3. The highest BCUT2D eigenvalue weighted by molar-refractivity contribution is 5.95. The molecule has 1 heterocycles. The number of aliphatic carboxylic acids is 1. The SMILES string of the molecule is C[C@H](N)C(=O)N[C@@H](C)C(=O)C1CC[C@@H](C(=O)N[C@@H](C)C(=O)O)N1. The first-order chi connectivity index (χ1) is 10.6. The fourth-order valence-corrected chi connectivity index (χ4v) is 2.27. The van der Waals surface area contributed by atoms with E-state index in [-0.39, 0.29) is 5.78 Å². The second-order valence-corrected chi connectivity index (χ2v) is 5.84. The Morgan fingerprint density at radius 3 is 2.13 bits per heavy atom. The van der Waals surface area contributed by atoms with Gasteiger partial charge in [0.1, 0.15) is 6.04 Å². The first-order valence-corrected chi connectivity index (χ1v) is 7.52. The predicted octanol–water partition coefficient (Wildman–Crippen LogP) is -1.88. The highest BCUT2D eigenvalue weighted by atomic mass is 16.4. The summed E-state index contributed by atoms with van der Waals surface area (Å²) >= 11 is 0. The van der Waals surface area contributed by atoms with E-state index < -0.39 is 48.0 Å². The number of Topliss-reactive ketones (excluding diaryl/α,β-unsaturated/α-hetero) is 1. The van der Waals surface area contributed by atoms with Gasteiger partial charge in [-0.15, -0.1) is 0 Å². The lowest BCUT2D eigenvalue weighted by molar-refractivity contribution is -0.141. The molecule has 0 aliphatic carbocycles. The van der Waals surface area contributed by atoms with E-state index in [1.54, 1.807) is 6.92 Å². The van der Waals surface area contributed by atoms with Crippen molar-refractivity contribution in [2.45, 2.75) is 63.8 Å². The van der Waals surface area contributed by atoms with E-state index in [2.05, 4.69) is 16.0 Å². The molecule has 130 valence electrons. The van der Waals surface area contributed by atoms with Crippen molar-refractivity contribution < 1.29 is 24.3 Å². The van der Waals surface area contributed by atoms with Crippen molar-refractivity contribution >= 4 is 23.6 Å². The minimum atomic E-state index is -1.13. The molecule has 23 heavy (non-hydrogen) atoms. The lowest BCUT2D eigenvalue weighted by Gasteiger charge is -2.19. The summed E-state index contributed by atoms with van der Waals surface area (Å²) in [4.78, 5) is 46.4. The number of carboxylic acid groups (broad SMARTS) is 1. The van der Waals surface area contributed by atoms with Gasteiger partial charge in [-0.1, -0.05) is 0 Å². The largest absolute Gasteiger partial charge is 0.480 e. The first kappa shape index (κ1) is 19.0. The predicted molar refractivity (Wildman–Crippen MR) is 81.4 cm³/mol. The summed E-state index contributed by atoms with van der Waals surface area (Å²) in [5.74, 6) is -2.24. The van der Waals surface area contributed by atoms with Crippen LogP contribution in [-0.4, -0.2) is 58.9 Å². The third-order valence-electron chi connectivity index (χ3n) is 3.73. The second-order valence-electron chi connectivity index (χ2n) is 5.84. The fraction of sp³-hybridized carbons (Fsp3) is 0.714. The summed E-state index contributed by atoms with van der Waals surface area (Å²) in [5, 5.41) is 16.5. The van der Waals surface area contributed by atoms with Crippen molar-refractivity contribution in [1.82, 2.24) is 16.0 Å². The van der Waals surface area contributed by atoms with Gasteiger partial charge in [-0.2, -0.15) is 0 Å². The van der Waals surface area contributed by atoms with Gasteiger partial charge in [0, 0.05) is 0 Å². The molecule has 1 aliphatic heterocycles. The summed E-state index contributed by atoms with van der Waals surface area (Å²) in [6, 6.07) is -3.61. The van der Waals surface area contributed by atoms with Gasteiger partial charge in [-0.05, 0) is 33.6 Å². The van der Waals surface area contributed by atoms with Crippen LogP contribution in [0.3, 0.4) is 0 Å². The van der Waals surface area contributed by atoms with Crippen LogP contribution in [0.4, 0.5) is 0 Å². The van der Waals surface area contributed by atoms with E-state index >= 15 is 0 Å². The van der Waals surface area contributed by atoms with E-state index in [9.17, 15) is 19.2 Å². The highest BCUT2D eigenvalue weighted by Gasteiger charge is 2.36. The molecule has 0 aromatic rings. The Morgan fingerprint density at radius 2 is 1.61 bits per heavy atom. The monoisotopic (exact) mass is 328 g/mol. The van der Waals surface area contributed by atoms with Crippen LogP contribution in [0, 0.1) is 0 Å². The highest BCUT2D eigenvalue weighted by Crippen LogP contribution is 2.15. The van der Waals surface area contributed by atoms with E-state index in [1.165, 1.54) is 13.8 Å². The molecule has 1 rings (SSSR count). The Labute approximate surface area is 134 Å². The summed E-state index contributed by atoms with van der Waals surface area (Å²) in [6.45, 7) is 4.44. The molecule has 2 amide bonds. The lowest BCUT2D eigenvalue weighted by atomic mass is 10.0. The van der Waals surface area contributed by atoms with Gasteiger partial charge in [0.2, 0.25) is 11.8 Å². The number of carbonyl (C=O) groups is 4. The molecule has 6 N–H and O–H groups in total. The van der Waals surface area contributed by atoms with Gasteiger partial charge in [0.25, 0.3) is 0 Å². The van der Waals surface area contributed by atoms with Crippen LogP contribution < -0.4 is 21.7 Å². The smallest absolute Gasteiger partial charge is 0.325 e. The second kappa shape index (κ2) is 8.02. The quantitative estimate of drug-likeness (QED) is 0.367. The van der Waals surface area contributed by atoms with E-state index in [1.807, 2.05) is 0 Å². The number of nitrogens with two attached hydrogens (primary N) is 1. The molecule has 9 heteroatoms. The van der Waals surface area contributed by atoms with Gasteiger partial charge < -0.3 is 21.5 Å². The molecular formula is C14H24N4O5. The molecule has 0 aromatic carbocycles. The molecule has 0 spiro atoms. The third-order valence-corrected chi connectivity index (χ3v) is 3.73. The Morgan fingerprint density at radius 1 is 1.04 bits per heavy atom. The molecular weight excluding hydrogens is 304 g/mol. The molecule has 5 atom stereocenters. The minimum absolute atomic E-state index is 0.236. The summed E-state index contributed by atoms with van der Waals surface area (Å²) in [6.07, 6.45) is 0.860. The molecule has 1 fully saturated rings. The Hall–Kier alpha value is -2.00. The third kappa shape index (κ3) is 5.29. The van der Waals surface area contributed by atoms with Gasteiger partial charge in [-0.25, -0.2) is 0 Å². The lowest BCUT2D eigenvalue weighted by Crippen LogP contribution is -2.53. The molecule has 1 saturated heterocycles. The number of ketones is 1. The molecule has 0 radical (unpaired) electrons. The number of rotatable bonds is 7. The average Bonchev–Trinajstić information content (AvgIpc) is 2.95. The van der Waals surface area contributed by atoms with Crippen LogP contribution in [0.25, 0.3) is 0 Å². The van der Waals surface area contributed by atoms with Gasteiger partial charge in [0.05, 0.1) is 24.2 Å². The molecule has 0 bridgehead atoms. The van der Waals surface area contributed by atoms with Crippen LogP contribution in [0.2, 0.25) is 0 Å². The summed E-state index contributed by atoms with van der Waals surface area (Å²) < 4.78 is 0. The van der Waals surface area contributed by atoms with Crippen molar-refractivity contribution in [1.29, 1.82) is 0 Å². The van der Waals surface area contributed by atoms with Crippen molar-refractivity contribution in [3.05, 3.63) is 0 Å². The number of amides is 2. The van der Waals surface area contributed by atoms with Crippen molar-refractivity contribution in [3.63, 3.8) is 0 Å². The number of hydrogen-bond acceptors (Lipinski definition) is 6. The van der Waals surface area contributed by atoms with E-state index in [4.69, 9.17) is 10.8 Å². The van der Waals surface area contributed by atoms with Gasteiger partial charge in [-0.3, -0.25) is 24.5 Å². The Bertz CT molecular complexity index is 494. The Balaban J connectivity index is 2.52. The zero-order chi connectivity index (χ0) is 17.7. The minimum Gasteiger partial charge on any atom is -0.480 e. The Kier molecular flexibility index (Phi) is 6.64. The van der Waals surface area contributed by atoms with Crippen LogP contribution in [-0.2, 0) is 19.2 Å². The van der Waals surface area contributed by atoms with Gasteiger partial charge in [0.15, 0.2) is 5.78 Å². The fourth-order valence-electron chi connectivity index (χ4n) is 2.27. The maximum absolute atomic E-state index is 12.3. The number of carboxylic acids is 1. The van der Waals surface area contributed by atoms with Crippen LogP contribution in [0.1, 0.15) is 33.6 Å². The standard InChI is InChI=1S/C14H24N4O5/c1-6(15)12(20)16-7(2)11(19)9-4-5-10(18-9)13(21)17-8(3)14(22)23/h6-10,18H,4-5,15H2,1-3H3,(H,16,20)(H,17,21)(H,22,23)/t6-,7-,8-,9?,10-/m0/s1. The van der Waals surface area contributed by atoms with Crippen molar-refractivity contribution in [3.8, 4) is 0 Å². The topological polar surface area (TPSA) is 151 Å².